The minimum Gasteiger partial charge on any atom is -0.315 e. The molecule has 0 fully saturated rings. The maximum absolute atomic E-state index is 4.17. The molecule has 17 heavy (non-hydrogen) atoms. The van der Waals surface area contributed by atoms with Crippen LogP contribution in [0, 0.1) is 5.41 Å². The number of hydrogen-bond acceptors (Lipinski definition) is 3. The zero-order valence-electron chi connectivity index (χ0n) is 10.7. The lowest BCUT2D eigenvalue weighted by molar-refractivity contribution is 0.129. The Bertz CT molecular complexity index is 351. The van der Waals surface area contributed by atoms with E-state index in [2.05, 4.69) is 49.4 Å². The molecule has 0 radical (unpaired) electrons. The van der Waals surface area contributed by atoms with Crippen LogP contribution in [-0.4, -0.2) is 38.1 Å². The summed E-state index contributed by atoms with van der Waals surface area (Å²) >= 11 is 3.68. The van der Waals surface area contributed by atoms with Gasteiger partial charge < -0.3 is 4.57 Å². The number of hydrogen-bond donors (Lipinski definition) is 0. The van der Waals surface area contributed by atoms with E-state index >= 15 is 0 Å². The Balaban J connectivity index is 2.01. The molecule has 0 unspecified atom stereocenters. The van der Waals surface area contributed by atoms with Crippen molar-refractivity contribution in [2.75, 3.05) is 18.4 Å². The Hall–Kier alpha value is -0.420. The summed E-state index contributed by atoms with van der Waals surface area (Å²) in [6.45, 7) is 8.80. The highest BCUT2D eigenvalue weighted by atomic mass is 79.9. The van der Waals surface area contributed by atoms with Gasteiger partial charge in [0, 0.05) is 25.0 Å². The largest absolute Gasteiger partial charge is 0.315 e. The van der Waals surface area contributed by atoms with E-state index in [-0.39, 0.29) is 0 Å². The number of aromatic nitrogens is 3. The Labute approximate surface area is 112 Å². The molecule has 1 aromatic rings. The maximum atomic E-state index is 4.17. The molecule has 0 aromatic carbocycles. The first-order chi connectivity index (χ1) is 8.23. The van der Waals surface area contributed by atoms with E-state index in [1.807, 2.05) is 6.33 Å². The molecule has 1 aliphatic heterocycles. The van der Waals surface area contributed by atoms with E-state index in [0.717, 1.165) is 37.3 Å². The lowest BCUT2D eigenvalue weighted by atomic mass is 9.84. The van der Waals surface area contributed by atoms with Crippen molar-refractivity contribution in [2.45, 2.75) is 39.8 Å². The molecule has 2 rings (SSSR count). The molecule has 0 atom stereocenters. The van der Waals surface area contributed by atoms with Crippen LogP contribution < -0.4 is 0 Å². The third-order valence-corrected chi connectivity index (χ3v) is 5.25. The molecule has 0 aliphatic carbocycles. The third-order valence-electron chi connectivity index (χ3n) is 4.06. The van der Waals surface area contributed by atoms with E-state index < -0.39 is 0 Å². The summed E-state index contributed by atoms with van der Waals surface area (Å²) in [7, 11) is 0. The Kier molecular flexibility index (Phi) is 4.20. The maximum Gasteiger partial charge on any atom is 0.147 e. The third kappa shape index (κ3) is 2.71. The summed E-state index contributed by atoms with van der Waals surface area (Å²) in [5.41, 5.74) is 0.405. The van der Waals surface area contributed by atoms with Crippen molar-refractivity contribution in [3.8, 4) is 0 Å². The van der Waals surface area contributed by atoms with Crippen LogP contribution in [0.1, 0.15) is 32.5 Å². The van der Waals surface area contributed by atoms with Gasteiger partial charge >= 0.3 is 0 Å². The molecule has 0 spiro atoms. The van der Waals surface area contributed by atoms with Gasteiger partial charge in [0.15, 0.2) is 0 Å². The average Bonchev–Trinajstić information content (AvgIpc) is 2.83. The number of rotatable bonds is 5. The molecular weight excluding hydrogens is 280 g/mol. The van der Waals surface area contributed by atoms with Gasteiger partial charge in [-0.25, -0.2) is 0 Å². The van der Waals surface area contributed by atoms with Crippen molar-refractivity contribution >= 4 is 15.9 Å². The molecule has 0 amide bonds. The van der Waals surface area contributed by atoms with E-state index in [1.54, 1.807) is 0 Å². The molecule has 1 aromatic heterocycles. The fourth-order valence-corrected chi connectivity index (χ4v) is 3.40. The van der Waals surface area contributed by atoms with Crippen LogP contribution in [0.4, 0.5) is 0 Å². The first-order valence-corrected chi connectivity index (χ1v) is 7.50. The second kappa shape index (κ2) is 5.48. The highest BCUT2D eigenvalue weighted by Crippen LogP contribution is 2.30. The number of alkyl halides is 1. The molecule has 96 valence electrons. The molecule has 0 saturated carbocycles. The Morgan fingerprint density at radius 1 is 1.35 bits per heavy atom. The molecule has 0 N–H and O–H groups in total. The Morgan fingerprint density at radius 3 is 2.76 bits per heavy atom. The predicted octanol–water partition coefficient (Wildman–Crippen LogP) is 2.29. The van der Waals surface area contributed by atoms with Gasteiger partial charge in [0.05, 0.1) is 6.54 Å². The first-order valence-electron chi connectivity index (χ1n) is 6.38. The van der Waals surface area contributed by atoms with Crippen LogP contribution in [-0.2, 0) is 13.1 Å². The van der Waals surface area contributed by atoms with Crippen LogP contribution in [0.5, 0.6) is 0 Å². The Morgan fingerprint density at radius 2 is 2.12 bits per heavy atom. The standard InChI is InChI=1S/C12H21BrN4/c1-3-12(4-2,8-13)9-16-5-6-17-10-14-15-11(17)7-16/h10H,3-9H2,1-2H3. The smallest absolute Gasteiger partial charge is 0.147 e. The molecule has 4 nitrogen and oxygen atoms in total. The summed E-state index contributed by atoms with van der Waals surface area (Å²) < 4.78 is 2.16. The second-order valence-corrected chi connectivity index (χ2v) is 5.55. The topological polar surface area (TPSA) is 34.0 Å². The molecular formula is C12H21BrN4. The van der Waals surface area contributed by atoms with Gasteiger partial charge in [0.2, 0.25) is 0 Å². The highest BCUT2D eigenvalue weighted by molar-refractivity contribution is 9.09. The van der Waals surface area contributed by atoms with E-state index in [9.17, 15) is 0 Å². The first kappa shape index (κ1) is 13.0. The van der Waals surface area contributed by atoms with Gasteiger partial charge in [-0.15, -0.1) is 10.2 Å². The highest BCUT2D eigenvalue weighted by Gasteiger charge is 2.29. The minimum atomic E-state index is 0.405. The number of halogens is 1. The second-order valence-electron chi connectivity index (χ2n) is 4.99. The average molecular weight is 301 g/mol. The van der Waals surface area contributed by atoms with E-state index in [4.69, 9.17) is 0 Å². The SMILES string of the molecule is CCC(CC)(CBr)CN1CCn2cnnc2C1. The van der Waals surface area contributed by atoms with Crippen molar-refractivity contribution in [1.82, 2.24) is 19.7 Å². The van der Waals surface area contributed by atoms with Gasteiger partial charge in [-0.3, -0.25) is 4.90 Å². The van der Waals surface area contributed by atoms with Crippen molar-refractivity contribution in [2.24, 2.45) is 5.41 Å². The van der Waals surface area contributed by atoms with Gasteiger partial charge in [-0.2, -0.15) is 0 Å². The van der Waals surface area contributed by atoms with Gasteiger partial charge in [-0.1, -0.05) is 29.8 Å². The predicted molar refractivity (Wildman–Crippen MR) is 72.1 cm³/mol. The number of fused-ring (bicyclic) bond motifs is 1. The van der Waals surface area contributed by atoms with E-state index in [0.29, 0.717) is 5.41 Å². The summed E-state index contributed by atoms with van der Waals surface area (Å²) in [4.78, 5) is 2.51. The zero-order valence-corrected chi connectivity index (χ0v) is 12.3. The van der Waals surface area contributed by atoms with Crippen LogP contribution in [0.2, 0.25) is 0 Å². The molecule has 0 saturated heterocycles. The van der Waals surface area contributed by atoms with Gasteiger partial charge in [0.25, 0.3) is 0 Å². The zero-order chi connectivity index (χ0) is 12.3. The normalized spacial score (nSPS) is 17.1. The van der Waals surface area contributed by atoms with Crippen molar-refractivity contribution in [3.63, 3.8) is 0 Å². The quantitative estimate of drug-likeness (QED) is 0.783. The van der Waals surface area contributed by atoms with Crippen molar-refractivity contribution in [3.05, 3.63) is 12.2 Å². The molecule has 1 aliphatic rings. The van der Waals surface area contributed by atoms with Crippen LogP contribution in [0.3, 0.4) is 0 Å². The monoisotopic (exact) mass is 300 g/mol. The van der Waals surface area contributed by atoms with Crippen LogP contribution in [0.25, 0.3) is 0 Å². The van der Waals surface area contributed by atoms with E-state index in [1.165, 1.54) is 12.8 Å². The fraction of sp³-hybridized carbons (Fsp3) is 0.833. The summed E-state index contributed by atoms with van der Waals surface area (Å²) in [5, 5.41) is 9.23. The van der Waals surface area contributed by atoms with Gasteiger partial charge in [0.1, 0.15) is 12.2 Å². The van der Waals surface area contributed by atoms with Crippen molar-refractivity contribution < 1.29 is 0 Å². The lowest BCUT2D eigenvalue weighted by Crippen LogP contribution is -2.42. The lowest BCUT2D eigenvalue weighted by Gasteiger charge is -2.37. The molecule has 0 bridgehead atoms. The minimum absolute atomic E-state index is 0.405. The van der Waals surface area contributed by atoms with Gasteiger partial charge in [-0.05, 0) is 18.3 Å². The van der Waals surface area contributed by atoms with Crippen LogP contribution >= 0.6 is 15.9 Å². The fourth-order valence-electron chi connectivity index (χ4n) is 2.43. The summed E-state index contributed by atoms with van der Waals surface area (Å²) in [6, 6.07) is 0. The summed E-state index contributed by atoms with van der Waals surface area (Å²) in [5.74, 6) is 1.10. The molecule has 5 heteroatoms. The number of nitrogens with zero attached hydrogens (tertiary/aromatic N) is 4. The van der Waals surface area contributed by atoms with Crippen molar-refractivity contribution in [1.29, 1.82) is 0 Å². The summed E-state index contributed by atoms with van der Waals surface area (Å²) in [6.07, 6.45) is 4.28. The molecule has 2 heterocycles. The van der Waals surface area contributed by atoms with Crippen LogP contribution in [0.15, 0.2) is 6.33 Å².